The van der Waals surface area contributed by atoms with Crippen molar-refractivity contribution < 1.29 is 0 Å². The molecule has 0 amide bonds. The highest BCUT2D eigenvalue weighted by Crippen LogP contribution is 2.56. The fourth-order valence-electron chi connectivity index (χ4n) is 7.76. The molecule has 6 aromatic carbocycles. The van der Waals surface area contributed by atoms with E-state index in [0.717, 1.165) is 33.5 Å². The molecule has 1 aliphatic heterocycles. The molecule has 7 aromatic rings. The second kappa shape index (κ2) is 10.7. The maximum Gasteiger partial charge on any atom is 0.160 e. The minimum atomic E-state index is 0.109. The van der Waals surface area contributed by atoms with Gasteiger partial charge in [0.1, 0.15) is 0 Å². The zero-order valence-electron chi connectivity index (χ0n) is 25.0. The second-order valence-corrected chi connectivity index (χ2v) is 13.6. The first kappa shape index (κ1) is 26.7. The summed E-state index contributed by atoms with van der Waals surface area (Å²) in [5, 5.41) is 3.48. The standard InChI is InChI=1S/C42H32N2S/c1-8-24-42(25-9-1)35-19-5-7-21-38(35)45-39-23-22-30(27-36(39)42)29-14-10-15-31(26-29)41-43-37-20-6-4-17-34(37)40(44-41)33-18-11-13-28-12-2-3-16-32(28)33/h2-7,10-23,26-27H,1,8-9,24-25H2. The Kier molecular flexibility index (Phi) is 6.35. The van der Waals surface area contributed by atoms with Crippen LogP contribution in [-0.4, -0.2) is 9.97 Å². The van der Waals surface area contributed by atoms with Crippen molar-refractivity contribution in [1.82, 2.24) is 9.97 Å². The first-order chi connectivity index (χ1) is 22.3. The number of hydrogen-bond donors (Lipinski definition) is 0. The Morgan fingerprint density at radius 3 is 2.16 bits per heavy atom. The highest BCUT2D eigenvalue weighted by molar-refractivity contribution is 7.99. The van der Waals surface area contributed by atoms with Crippen LogP contribution < -0.4 is 0 Å². The van der Waals surface area contributed by atoms with Gasteiger partial charge in [-0.2, -0.15) is 0 Å². The largest absolute Gasteiger partial charge is 0.228 e. The third-order valence-electron chi connectivity index (χ3n) is 9.93. The maximum absolute atomic E-state index is 5.28. The third kappa shape index (κ3) is 4.41. The molecule has 9 rings (SSSR count). The van der Waals surface area contributed by atoms with Crippen molar-refractivity contribution in [2.75, 3.05) is 0 Å². The summed E-state index contributed by atoms with van der Waals surface area (Å²) in [5.41, 5.74) is 9.70. The molecule has 2 nitrogen and oxygen atoms in total. The zero-order valence-corrected chi connectivity index (χ0v) is 25.9. The van der Waals surface area contributed by atoms with Crippen molar-refractivity contribution in [1.29, 1.82) is 0 Å². The van der Waals surface area contributed by atoms with E-state index >= 15 is 0 Å². The van der Waals surface area contributed by atoms with E-state index in [4.69, 9.17) is 9.97 Å². The molecule has 0 saturated heterocycles. The van der Waals surface area contributed by atoms with Crippen LogP contribution in [0.5, 0.6) is 0 Å². The van der Waals surface area contributed by atoms with Crippen molar-refractivity contribution in [3.05, 3.63) is 145 Å². The predicted octanol–water partition coefficient (Wildman–Crippen LogP) is 11.5. The van der Waals surface area contributed by atoms with Gasteiger partial charge in [-0.1, -0.05) is 134 Å². The van der Waals surface area contributed by atoms with Gasteiger partial charge in [-0.05, 0) is 76.2 Å². The van der Waals surface area contributed by atoms with E-state index in [2.05, 4.69) is 133 Å². The number of aromatic nitrogens is 2. The first-order valence-corrected chi connectivity index (χ1v) is 16.9. The summed E-state index contributed by atoms with van der Waals surface area (Å²) >= 11 is 1.94. The summed E-state index contributed by atoms with van der Waals surface area (Å²) in [6.07, 6.45) is 6.36. The van der Waals surface area contributed by atoms with E-state index in [9.17, 15) is 0 Å². The quantitative estimate of drug-likeness (QED) is 0.203. The molecule has 1 fully saturated rings. The zero-order chi connectivity index (χ0) is 29.8. The molecule has 1 spiro atoms. The lowest BCUT2D eigenvalue weighted by molar-refractivity contribution is 0.335. The monoisotopic (exact) mass is 596 g/mol. The van der Waals surface area contributed by atoms with Crippen LogP contribution in [0.3, 0.4) is 0 Å². The summed E-state index contributed by atoms with van der Waals surface area (Å²) in [4.78, 5) is 13.2. The molecule has 1 aromatic heterocycles. The van der Waals surface area contributed by atoms with Gasteiger partial charge in [0.05, 0.1) is 11.2 Å². The second-order valence-electron chi connectivity index (χ2n) is 12.5. The molecular weight excluding hydrogens is 565 g/mol. The highest BCUT2D eigenvalue weighted by Gasteiger charge is 2.41. The van der Waals surface area contributed by atoms with Crippen molar-refractivity contribution in [2.24, 2.45) is 0 Å². The predicted molar refractivity (Wildman–Crippen MR) is 188 cm³/mol. The number of hydrogen-bond acceptors (Lipinski definition) is 3. The Hall–Kier alpha value is -4.73. The van der Waals surface area contributed by atoms with Gasteiger partial charge in [0.2, 0.25) is 0 Å². The maximum atomic E-state index is 5.28. The van der Waals surface area contributed by atoms with E-state index in [-0.39, 0.29) is 5.41 Å². The van der Waals surface area contributed by atoms with Crippen LogP contribution in [0.25, 0.3) is 55.4 Å². The number of rotatable bonds is 3. The summed E-state index contributed by atoms with van der Waals surface area (Å²) in [6.45, 7) is 0. The Balaban J connectivity index is 1.18. The van der Waals surface area contributed by atoms with Crippen molar-refractivity contribution in [3.63, 3.8) is 0 Å². The lowest BCUT2D eigenvalue weighted by Gasteiger charge is -2.43. The van der Waals surface area contributed by atoms with Crippen molar-refractivity contribution >= 4 is 33.4 Å². The Bertz CT molecular complexity index is 2240. The Labute approximate surface area is 268 Å². The smallest absolute Gasteiger partial charge is 0.160 e. The van der Waals surface area contributed by atoms with Gasteiger partial charge in [0.25, 0.3) is 0 Å². The fourth-order valence-corrected chi connectivity index (χ4v) is 9.02. The average Bonchev–Trinajstić information content (AvgIpc) is 3.11. The highest BCUT2D eigenvalue weighted by atomic mass is 32.2. The Morgan fingerprint density at radius 2 is 1.22 bits per heavy atom. The van der Waals surface area contributed by atoms with Gasteiger partial charge in [-0.25, -0.2) is 9.97 Å². The molecule has 216 valence electrons. The molecule has 1 saturated carbocycles. The van der Waals surface area contributed by atoms with Crippen LogP contribution in [0.1, 0.15) is 43.2 Å². The molecule has 0 bridgehead atoms. The van der Waals surface area contributed by atoms with Gasteiger partial charge in [0, 0.05) is 31.7 Å². The van der Waals surface area contributed by atoms with Crippen LogP contribution >= 0.6 is 11.8 Å². The van der Waals surface area contributed by atoms with Gasteiger partial charge < -0.3 is 0 Å². The molecule has 45 heavy (non-hydrogen) atoms. The molecule has 0 radical (unpaired) electrons. The minimum Gasteiger partial charge on any atom is -0.228 e. The number of fused-ring (bicyclic) bond motifs is 6. The summed E-state index contributed by atoms with van der Waals surface area (Å²) in [5.74, 6) is 0.754. The molecule has 3 heteroatoms. The van der Waals surface area contributed by atoms with E-state index in [1.54, 1.807) is 0 Å². The van der Waals surface area contributed by atoms with E-state index in [0.29, 0.717) is 0 Å². The molecule has 0 atom stereocenters. The van der Waals surface area contributed by atoms with E-state index < -0.39 is 0 Å². The lowest BCUT2D eigenvalue weighted by atomic mass is 9.64. The molecule has 0 N–H and O–H groups in total. The van der Waals surface area contributed by atoms with Crippen LogP contribution in [0.4, 0.5) is 0 Å². The van der Waals surface area contributed by atoms with Crippen LogP contribution in [0.2, 0.25) is 0 Å². The van der Waals surface area contributed by atoms with E-state index in [1.165, 1.54) is 74.9 Å². The lowest BCUT2D eigenvalue weighted by Crippen LogP contribution is -2.33. The first-order valence-electron chi connectivity index (χ1n) is 16.0. The van der Waals surface area contributed by atoms with Crippen molar-refractivity contribution in [2.45, 2.75) is 47.3 Å². The van der Waals surface area contributed by atoms with Crippen molar-refractivity contribution in [3.8, 4) is 33.8 Å². The number of nitrogens with zero attached hydrogens (tertiary/aromatic N) is 2. The van der Waals surface area contributed by atoms with Gasteiger partial charge in [-0.3, -0.25) is 0 Å². The topological polar surface area (TPSA) is 25.8 Å². The van der Waals surface area contributed by atoms with Gasteiger partial charge >= 0.3 is 0 Å². The fraction of sp³-hybridized carbons (Fsp3) is 0.143. The summed E-state index contributed by atoms with van der Waals surface area (Å²) in [7, 11) is 0. The molecule has 0 unspecified atom stereocenters. The average molecular weight is 597 g/mol. The summed E-state index contributed by atoms with van der Waals surface area (Å²) in [6, 6.07) is 48.5. The van der Waals surface area contributed by atoms with Gasteiger partial charge in [0.15, 0.2) is 5.82 Å². The van der Waals surface area contributed by atoms with Crippen LogP contribution in [0, 0.1) is 0 Å². The molecule has 2 aliphatic rings. The number of benzene rings is 6. The minimum absolute atomic E-state index is 0.109. The van der Waals surface area contributed by atoms with Crippen LogP contribution in [0.15, 0.2) is 143 Å². The summed E-state index contributed by atoms with van der Waals surface area (Å²) < 4.78 is 0. The van der Waals surface area contributed by atoms with E-state index in [1.807, 2.05) is 11.8 Å². The molecule has 1 aliphatic carbocycles. The Morgan fingerprint density at radius 1 is 0.511 bits per heavy atom. The third-order valence-corrected chi connectivity index (χ3v) is 11.1. The number of para-hydroxylation sites is 1. The molecular formula is C42H32N2S. The molecule has 2 heterocycles. The SMILES string of the molecule is c1cc(-c2ccc3c(c2)C2(CCCCC2)c2ccccc2S3)cc(-c2nc(-c3cccc4ccccc34)c3ccccc3n2)c1. The van der Waals surface area contributed by atoms with Crippen LogP contribution in [-0.2, 0) is 5.41 Å². The normalized spacial score (nSPS) is 15.2. The van der Waals surface area contributed by atoms with Gasteiger partial charge in [-0.15, -0.1) is 0 Å².